The molecule has 3 nitrogen and oxygen atoms in total. The van der Waals surface area contributed by atoms with Crippen LogP contribution in [-0.2, 0) is 11.2 Å². The first kappa shape index (κ1) is 15.3. The number of hydrogen-bond acceptors (Lipinski definition) is 3. The highest BCUT2D eigenvalue weighted by molar-refractivity contribution is 5.34. The maximum atomic E-state index is 13.4. The first-order chi connectivity index (χ1) is 9.69. The van der Waals surface area contributed by atoms with Crippen molar-refractivity contribution < 1.29 is 13.9 Å². The summed E-state index contributed by atoms with van der Waals surface area (Å²) in [4.78, 5) is 0. The molecule has 4 heteroatoms. The van der Waals surface area contributed by atoms with Crippen LogP contribution < -0.4 is 10.5 Å². The van der Waals surface area contributed by atoms with Gasteiger partial charge in [0.05, 0.1) is 6.61 Å². The first-order valence-electron chi connectivity index (χ1n) is 7.43. The first-order valence-corrected chi connectivity index (χ1v) is 7.43. The molecule has 1 aromatic rings. The Hall–Kier alpha value is -1.13. The minimum Gasteiger partial charge on any atom is -0.493 e. The summed E-state index contributed by atoms with van der Waals surface area (Å²) >= 11 is 0. The van der Waals surface area contributed by atoms with Crippen molar-refractivity contribution in [2.75, 3.05) is 19.8 Å². The fraction of sp³-hybridized carbons (Fsp3) is 0.625. The highest BCUT2D eigenvalue weighted by Gasteiger charge is 2.16. The lowest BCUT2D eigenvalue weighted by molar-refractivity contribution is 0.0496. The van der Waals surface area contributed by atoms with Crippen LogP contribution in [-0.4, -0.2) is 25.9 Å². The second kappa shape index (κ2) is 7.60. The minimum atomic E-state index is -0.235. The molecule has 1 aromatic carbocycles. The fourth-order valence-electron chi connectivity index (χ4n) is 2.40. The summed E-state index contributed by atoms with van der Waals surface area (Å²) in [6, 6.07) is 4.74. The topological polar surface area (TPSA) is 44.5 Å². The molecule has 2 N–H and O–H groups in total. The van der Waals surface area contributed by atoms with E-state index in [1.807, 2.05) is 6.92 Å². The molecular weight excluding hydrogens is 257 g/mol. The van der Waals surface area contributed by atoms with Crippen LogP contribution in [0.5, 0.6) is 5.75 Å². The lowest BCUT2D eigenvalue weighted by atomic mass is 10.0. The molecule has 0 bridgehead atoms. The number of nitrogens with two attached hydrogens (primary N) is 1. The molecule has 0 aliphatic carbocycles. The van der Waals surface area contributed by atoms with Gasteiger partial charge in [-0.05, 0) is 55.4 Å². The fourth-order valence-corrected chi connectivity index (χ4v) is 2.40. The van der Waals surface area contributed by atoms with Gasteiger partial charge in [-0.1, -0.05) is 6.92 Å². The summed E-state index contributed by atoms with van der Waals surface area (Å²) in [5, 5.41) is 0. The van der Waals surface area contributed by atoms with E-state index in [1.54, 1.807) is 6.07 Å². The molecule has 0 saturated carbocycles. The number of ether oxygens (including phenoxy) is 2. The number of halogens is 1. The Morgan fingerprint density at radius 3 is 2.85 bits per heavy atom. The van der Waals surface area contributed by atoms with Crippen LogP contribution in [0, 0.1) is 11.7 Å². The second-order valence-electron chi connectivity index (χ2n) is 5.49. The van der Waals surface area contributed by atoms with Crippen LogP contribution in [0.3, 0.4) is 0 Å². The van der Waals surface area contributed by atoms with E-state index in [0.29, 0.717) is 18.9 Å². The van der Waals surface area contributed by atoms with Gasteiger partial charge in [0, 0.05) is 19.3 Å². The van der Waals surface area contributed by atoms with Crippen molar-refractivity contribution in [2.45, 2.75) is 38.6 Å². The van der Waals surface area contributed by atoms with E-state index in [-0.39, 0.29) is 11.9 Å². The maximum Gasteiger partial charge on any atom is 0.123 e. The van der Waals surface area contributed by atoms with E-state index in [2.05, 4.69) is 0 Å². The zero-order valence-electron chi connectivity index (χ0n) is 12.1. The molecule has 1 aliphatic heterocycles. The van der Waals surface area contributed by atoms with Gasteiger partial charge in [-0.15, -0.1) is 0 Å². The van der Waals surface area contributed by atoms with Crippen LogP contribution in [0.1, 0.15) is 31.7 Å². The standard InChI is InChI=1S/C16H24FNO2/c1-2-15(18)10-13-9-14(17)3-4-16(13)20-11-12-5-7-19-8-6-12/h3-4,9,12,15H,2,5-8,10-11,18H2,1H3. The zero-order valence-corrected chi connectivity index (χ0v) is 12.1. The molecule has 0 spiro atoms. The molecular formula is C16H24FNO2. The van der Waals surface area contributed by atoms with Crippen molar-refractivity contribution in [3.05, 3.63) is 29.6 Å². The van der Waals surface area contributed by atoms with E-state index < -0.39 is 0 Å². The van der Waals surface area contributed by atoms with Gasteiger partial charge in [-0.2, -0.15) is 0 Å². The Labute approximate surface area is 120 Å². The summed E-state index contributed by atoms with van der Waals surface area (Å²) in [5.74, 6) is 1.06. The van der Waals surface area contributed by atoms with Crippen LogP contribution >= 0.6 is 0 Å². The predicted molar refractivity (Wildman–Crippen MR) is 77.4 cm³/mol. The predicted octanol–water partition coefficient (Wildman–Crippen LogP) is 2.91. The third kappa shape index (κ3) is 4.46. The van der Waals surface area contributed by atoms with Crippen molar-refractivity contribution in [2.24, 2.45) is 11.7 Å². The summed E-state index contributed by atoms with van der Waals surface area (Å²) in [7, 11) is 0. The van der Waals surface area contributed by atoms with Crippen LogP contribution in [0.25, 0.3) is 0 Å². The highest BCUT2D eigenvalue weighted by atomic mass is 19.1. The molecule has 1 aliphatic rings. The van der Waals surface area contributed by atoms with Crippen molar-refractivity contribution in [1.82, 2.24) is 0 Å². The monoisotopic (exact) mass is 281 g/mol. The van der Waals surface area contributed by atoms with Crippen molar-refractivity contribution in [3.63, 3.8) is 0 Å². The van der Waals surface area contributed by atoms with E-state index in [1.165, 1.54) is 12.1 Å². The van der Waals surface area contributed by atoms with Gasteiger partial charge < -0.3 is 15.2 Å². The molecule has 1 unspecified atom stereocenters. The average Bonchev–Trinajstić information content (AvgIpc) is 2.47. The van der Waals surface area contributed by atoms with Gasteiger partial charge in [0.1, 0.15) is 11.6 Å². The van der Waals surface area contributed by atoms with E-state index in [4.69, 9.17) is 15.2 Å². The molecule has 1 heterocycles. The Balaban J connectivity index is 1.98. The molecule has 2 rings (SSSR count). The molecule has 1 saturated heterocycles. The summed E-state index contributed by atoms with van der Waals surface area (Å²) in [6.45, 7) is 4.33. The third-order valence-electron chi connectivity index (χ3n) is 3.84. The molecule has 0 aromatic heterocycles. The lowest BCUT2D eigenvalue weighted by Gasteiger charge is -2.23. The molecule has 20 heavy (non-hydrogen) atoms. The Morgan fingerprint density at radius 1 is 1.40 bits per heavy atom. The molecule has 0 radical (unpaired) electrons. The minimum absolute atomic E-state index is 0.0437. The van der Waals surface area contributed by atoms with Crippen molar-refractivity contribution in [3.8, 4) is 5.75 Å². The summed E-state index contributed by atoms with van der Waals surface area (Å²) in [6.07, 6.45) is 3.59. The van der Waals surface area contributed by atoms with Gasteiger partial charge in [-0.25, -0.2) is 4.39 Å². The largest absolute Gasteiger partial charge is 0.493 e. The Kier molecular flexibility index (Phi) is 5.80. The number of benzene rings is 1. The van der Waals surface area contributed by atoms with Gasteiger partial charge in [0.15, 0.2) is 0 Å². The Morgan fingerprint density at radius 2 is 2.15 bits per heavy atom. The van der Waals surface area contributed by atoms with Crippen LogP contribution in [0.2, 0.25) is 0 Å². The van der Waals surface area contributed by atoms with Gasteiger partial charge in [0.2, 0.25) is 0 Å². The van der Waals surface area contributed by atoms with E-state index >= 15 is 0 Å². The zero-order chi connectivity index (χ0) is 14.4. The summed E-state index contributed by atoms with van der Waals surface area (Å²) in [5.41, 5.74) is 6.84. The smallest absolute Gasteiger partial charge is 0.123 e. The second-order valence-corrected chi connectivity index (χ2v) is 5.49. The number of rotatable bonds is 6. The van der Waals surface area contributed by atoms with Crippen molar-refractivity contribution >= 4 is 0 Å². The summed E-state index contributed by atoms with van der Waals surface area (Å²) < 4.78 is 24.6. The lowest BCUT2D eigenvalue weighted by Crippen LogP contribution is -2.23. The van der Waals surface area contributed by atoms with Crippen LogP contribution in [0.4, 0.5) is 4.39 Å². The van der Waals surface area contributed by atoms with Crippen LogP contribution in [0.15, 0.2) is 18.2 Å². The molecule has 112 valence electrons. The third-order valence-corrected chi connectivity index (χ3v) is 3.84. The molecule has 1 atom stereocenters. The van der Waals surface area contributed by atoms with Gasteiger partial charge >= 0.3 is 0 Å². The van der Waals surface area contributed by atoms with Gasteiger partial charge in [0.25, 0.3) is 0 Å². The molecule has 1 fully saturated rings. The molecule has 0 amide bonds. The maximum absolute atomic E-state index is 13.4. The van der Waals surface area contributed by atoms with Crippen molar-refractivity contribution in [1.29, 1.82) is 0 Å². The average molecular weight is 281 g/mol. The normalized spacial score (nSPS) is 17.9. The highest BCUT2D eigenvalue weighted by Crippen LogP contribution is 2.24. The quantitative estimate of drug-likeness (QED) is 0.872. The van der Waals surface area contributed by atoms with E-state index in [9.17, 15) is 4.39 Å². The SMILES string of the molecule is CCC(N)Cc1cc(F)ccc1OCC1CCOCC1. The Bertz CT molecular complexity index is 419. The number of hydrogen-bond donors (Lipinski definition) is 1. The van der Waals surface area contributed by atoms with E-state index in [0.717, 1.165) is 43.8 Å². The van der Waals surface area contributed by atoms with Gasteiger partial charge in [-0.3, -0.25) is 0 Å².